The summed E-state index contributed by atoms with van der Waals surface area (Å²) < 4.78 is 37.5. The number of nitrogens with one attached hydrogen (secondary N) is 2. The largest absolute Gasteiger partial charge is 0.493 e. The Morgan fingerprint density at radius 1 is 0.667 bits per heavy atom. The van der Waals surface area contributed by atoms with Crippen LogP contribution in [0.3, 0.4) is 0 Å². The lowest BCUT2D eigenvalue weighted by atomic mass is 9.98. The second kappa shape index (κ2) is 21.0. The van der Waals surface area contributed by atoms with Crippen molar-refractivity contribution in [3.05, 3.63) is 47.8 Å². The molecule has 2 aromatic heterocycles. The van der Waals surface area contributed by atoms with Crippen LogP contribution in [0.2, 0.25) is 0 Å². The number of carbonyl (C=O) groups is 2. The minimum Gasteiger partial charge on any atom is -0.493 e. The third-order valence-electron chi connectivity index (χ3n) is 10.1. The van der Waals surface area contributed by atoms with Crippen LogP contribution in [0.15, 0.2) is 36.7 Å². The van der Waals surface area contributed by atoms with Gasteiger partial charge < -0.3 is 58.7 Å². The topological polar surface area (TPSA) is 201 Å². The van der Waals surface area contributed by atoms with Crippen LogP contribution in [0, 0.1) is 25.7 Å². The van der Waals surface area contributed by atoms with Gasteiger partial charge in [-0.1, -0.05) is 0 Å². The molecule has 0 bridgehead atoms. The van der Waals surface area contributed by atoms with Crippen molar-refractivity contribution in [2.75, 3.05) is 95.9 Å². The number of hydrogen-bond donors (Lipinski definition) is 3. The van der Waals surface area contributed by atoms with Gasteiger partial charge in [-0.15, -0.1) is 0 Å². The summed E-state index contributed by atoms with van der Waals surface area (Å²) in [7, 11) is 9.35. The lowest BCUT2D eigenvalue weighted by Gasteiger charge is -2.33. The molecule has 2 aromatic carbocycles. The first kappa shape index (κ1) is 44.6. The Labute approximate surface area is 350 Å². The van der Waals surface area contributed by atoms with Gasteiger partial charge in [0.05, 0.1) is 61.1 Å². The molecule has 60 heavy (non-hydrogen) atoms. The molecule has 2 fully saturated rings. The number of carboxylic acids is 1. The summed E-state index contributed by atoms with van der Waals surface area (Å²) in [6, 6.07) is 7.13. The number of esters is 1. The van der Waals surface area contributed by atoms with E-state index in [1.807, 2.05) is 25.7 Å². The van der Waals surface area contributed by atoms with E-state index in [2.05, 4.69) is 30.5 Å². The van der Waals surface area contributed by atoms with Crippen LogP contribution in [0.5, 0.6) is 34.5 Å². The maximum Gasteiger partial charge on any atom is 0.310 e. The van der Waals surface area contributed by atoms with Crippen LogP contribution in [-0.4, -0.2) is 112 Å². The third-order valence-corrected chi connectivity index (χ3v) is 10.1. The molecular weight excluding hydrogens is 777 g/mol. The minimum absolute atomic E-state index is 0.144. The number of benzene rings is 2. The van der Waals surface area contributed by atoms with Gasteiger partial charge in [0.1, 0.15) is 11.6 Å². The smallest absolute Gasteiger partial charge is 0.310 e. The molecule has 2 aliphatic rings. The molecule has 18 nitrogen and oxygen atoms in total. The molecule has 2 aliphatic heterocycles. The van der Waals surface area contributed by atoms with Gasteiger partial charge in [0.25, 0.3) is 0 Å². The van der Waals surface area contributed by atoms with Crippen molar-refractivity contribution >= 4 is 46.8 Å². The molecular formula is C42H56N8O10. The summed E-state index contributed by atoms with van der Waals surface area (Å²) in [4.78, 5) is 45.9. The standard InChI is InChI=1S/C22H30N4O5.C20H26N4O5/c1-6-31-21(27)15-8-7-9-26(13-15)20-14(2)12-23-22(25-20)24-16-10-17(28-3)19(30-5)18(11-16)29-4;1-12-10-21-20(23-18(12)24-7-5-6-13(11-24)19(25)26)22-14-8-15(27-2)17(29-4)16(9-14)28-3/h10-12,15H,6-9,13H2,1-5H3,(H,23,24,25);8-10,13H,5-7,11H2,1-4H3,(H,25,26)(H,21,22,23). The zero-order chi connectivity index (χ0) is 43.3. The average molecular weight is 833 g/mol. The summed E-state index contributed by atoms with van der Waals surface area (Å²) >= 11 is 0. The highest BCUT2D eigenvalue weighted by atomic mass is 16.5. The summed E-state index contributed by atoms with van der Waals surface area (Å²) in [5, 5.41) is 15.7. The van der Waals surface area contributed by atoms with Crippen molar-refractivity contribution in [2.24, 2.45) is 11.8 Å². The molecule has 6 rings (SSSR count). The molecule has 18 heteroatoms. The number of aromatic nitrogens is 4. The molecule has 0 radical (unpaired) electrons. The second-order valence-corrected chi connectivity index (χ2v) is 14.1. The maximum atomic E-state index is 12.2. The molecule has 2 saturated heterocycles. The van der Waals surface area contributed by atoms with Crippen molar-refractivity contribution < 1.29 is 47.9 Å². The summed E-state index contributed by atoms with van der Waals surface area (Å²) in [6.45, 7) is 8.73. The van der Waals surface area contributed by atoms with Crippen molar-refractivity contribution in [2.45, 2.75) is 46.5 Å². The number of anilines is 6. The molecule has 0 spiro atoms. The number of carboxylic acid groups (broad SMARTS) is 1. The van der Waals surface area contributed by atoms with E-state index in [9.17, 15) is 14.7 Å². The molecule has 3 N–H and O–H groups in total. The number of carbonyl (C=O) groups excluding carboxylic acids is 1. The zero-order valence-electron chi connectivity index (χ0n) is 35.8. The van der Waals surface area contributed by atoms with Crippen LogP contribution in [-0.2, 0) is 14.3 Å². The van der Waals surface area contributed by atoms with Crippen LogP contribution in [0.4, 0.5) is 34.9 Å². The quantitative estimate of drug-likeness (QED) is 0.114. The molecule has 4 aromatic rings. The zero-order valence-corrected chi connectivity index (χ0v) is 35.8. The Bertz CT molecular complexity index is 2050. The predicted octanol–water partition coefficient (Wildman–Crippen LogP) is 6.19. The van der Waals surface area contributed by atoms with Crippen LogP contribution >= 0.6 is 0 Å². The number of piperidine rings is 2. The van der Waals surface area contributed by atoms with Crippen molar-refractivity contribution in [1.82, 2.24) is 19.9 Å². The lowest BCUT2D eigenvalue weighted by molar-refractivity contribution is -0.148. The first-order valence-electron chi connectivity index (χ1n) is 19.7. The van der Waals surface area contributed by atoms with E-state index in [1.54, 1.807) is 79.3 Å². The Morgan fingerprint density at radius 2 is 1.07 bits per heavy atom. The van der Waals surface area contributed by atoms with Gasteiger partial charge in [0.15, 0.2) is 23.0 Å². The van der Waals surface area contributed by atoms with Crippen LogP contribution in [0.1, 0.15) is 43.7 Å². The SMILES string of the molecule is CCOC(=O)C1CCCN(c2nc(Nc3cc(OC)c(OC)c(OC)c3)ncc2C)C1.COc1cc(Nc2ncc(C)c(N3CCCC(C(=O)O)C3)n2)cc(OC)c1OC. The lowest BCUT2D eigenvalue weighted by Crippen LogP contribution is -2.40. The van der Waals surface area contributed by atoms with Crippen molar-refractivity contribution in [1.29, 1.82) is 0 Å². The van der Waals surface area contributed by atoms with E-state index in [0.29, 0.717) is 83.9 Å². The fourth-order valence-electron chi connectivity index (χ4n) is 7.18. The number of nitrogens with zero attached hydrogens (tertiary/aromatic N) is 6. The highest BCUT2D eigenvalue weighted by Gasteiger charge is 2.29. The van der Waals surface area contributed by atoms with E-state index in [1.165, 1.54) is 0 Å². The van der Waals surface area contributed by atoms with E-state index in [0.717, 1.165) is 55.1 Å². The fraction of sp³-hybridized carbons (Fsp3) is 0.476. The maximum absolute atomic E-state index is 12.2. The van der Waals surface area contributed by atoms with Gasteiger partial charge in [-0.2, -0.15) is 9.97 Å². The van der Waals surface area contributed by atoms with Crippen LogP contribution < -0.4 is 48.9 Å². The predicted molar refractivity (Wildman–Crippen MR) is 226 cm³/mol. The summed E-state index contributed by atoms with van der Waals surface area (Å²) in [5.41, 5.74) is 3.22. The number of rotatable bonds is 15. The number of ether oxygens (including phenoxy) is 7. The molecule has 0 saturated carbocycles. The highest BCUT2D eigenvalue weighted by Crippen LogP contribution is 2.42. The van der Waals surface area contributed by atoms with E-state index >= 15 is 0 Å². The fourth-order valence-corrected chi connectivity index (χ4v) is 7.18. The van der Waals surface area contributed by atoms with E-state index < -0.39 is 5.97 Å². The molecule has 2 unspecified atom stereocenters. The minimum atomic E-state index is -0.766. The number of hydrogen-bond acceptors (Lipinski definition) is 17. The molecule has 324 valence electrons. The Morgan fingerprint density at radius 3 is 1.43 bits per heavy atom. The van der Waals surface area contributed by atoms with Gasteiger partial charge in [-0.05, 0) is 46.5 Å². The first-order chi connectivity index (χ1) is 29.0. The summed E-state index contributed by atoms with van der Waals surface area (Å²) in [6.07, 6.45) is 6.74. The van der Waals surface area contributed by atoms with E-state index in [-0.39, 0.29) is 17.8 Å². The highest BCUT2D eigenvalue weighted by molar-refractivity contribution is 5.74. The molecule has 0 amide bonds. The van der Waals surface area contributed by atoms with E-state index in [4.69, 9.17) is 38.1 Å². The third kappa shape index (κ3) is 10.8. The molecule has 4 heterocycles. The Kier molecular flexibility index (Phi) is 15.6. The number of methoxy groups -OCH3 is 6. The average Bonchev–Trinajstić information content (AvgIpc) is 3.27. The molecule has 0 aliphatic carbocycles. The van der Waals surface area contributed by atoms with Gasteiger partial charge in [-0.25, -0.2) is 9.97 Å². The summed E-state index contributed by atoms with van der Waals surface area (Å²) in [5.74, 6) is 4.05. The first-order valence-corrected chi connectivity index (χ1v) is 19.7. The Balaban J connectivity index is 0.000000228. The molecule has 2 atom stereocenters. The second-order valence-electron chi connectivity index (χ2n) is 14.1. The Hall–Kier alpha value is -6.46. The monoisotopic (exact) mass is 832 g/mol. The van der Waals surface area contributed by atoms with Gasteiger partial charge in [0.2, 0.25) is 23.4 Å². The van der Waals surface area contributed by atoms with Gasteiger partial charge >= 0.3 is 11.9 Å². The van der Waals surface area contributed by atoms with Crippen molar-refractivity contribution in [3.63, 3.8) is 0 Å². The van der Waals surface area contributed by atoms with Gasteiger partial charge in [0, 0.05) is 85.3 Å². The normalized spacial score (nSPS) is 16.1. The number of aryl methyl sites for hydroxylation is 2. The van der Waals surface area contributed by atoms with Gasteiger partial charge in [-0.3, -0.25) is 9.59 Å². The van der Waals surface area contributed by atoms with Crippen molar-refractivity contribution in [3.8, 4) is 34.5 Å². The number of aliphatic carboxylic acids is 1. The van der Waals surface area contributed by atoms with Crippen LogP contribution in [0.25, 0.3) is 0 Å².